The number of carbonyl (C=O) groups excluding carboxylic acids is 1. The van der Waals surface area contributed by atoms with E-state index in [-0.39, 0.29) is 12.3 Å². The maximum Gasteiger partial charge on any atom is 0.228 e. The Balaban J connectivity index is 1.53. The monoisotopic (exact) mass is 368 g/mol. The molecule has 2 aromatic heterocycles. The van der Waals surface area contributed by atoms with Crippen molar-refractivity contribution in [3.05, 3.63) is 53.7 Å². The zero-order valence-corrected chi connectivity index (χ0v) is 14.7. The fraction of sp³-hybridized carbons (Fsp3) is 0.222. The van der Waals surface area contributed by atoms with Crippen LogP contribution in [0.2, 0.25) is 5.02 Å². The van der Waals surface area contributed by atoms with E-state index in [9.17, 15) is 4.79 Å². The Morgan fingerprint density at radius 2 is 2.27 bits per heavy atom. The zero-order valence-electron chi connectivity index (χ0n) is 13.9. The SMILES string of the molecule is O=C1Cc2cnc(NCCCn3ccnc3)nc2-c2ccc(Cl)cc2N1. The van der Waals surface area contributed by atoms with Gasteiger partial charge in [0.25, 0.3) is 0 Å². The number of amides is 1. The number of carbonyl (C=O) groups is 1. The number of aryl methyl sites for hydroxylation is 1. The molecule has 4 rings (SSSR count). The molecule has 1 aromatic carbocycles. The lowest BCUT2D eigenvalue weighted by Crippen LogP contribution is -2.13. The normalized spacial score (nSPS) is 12.7. The van der Waals surface area contributed by atoms with Crippen LogP contribution in [0.3, 0.4) is 0 Å². The predicted octanol–water partition coefficient (Wildman–Crippen LogP) is 2.99. The number of nitrogens with one attached hydrogen (secondary N) is 2. The van der Waals surface area contributed by atoms with Gasteiger partial charge < -0.3 is 15.2 Å². The maximum atomic E-state index is 12.1. The summed E-state index contributed by atoms with van der Waals surface area (Å²) in [6.45, 7) is 1.61. The van der Waals surface area contributed by atoms with Gasteiger partial charge in [0.1, 0.15) is 0 Å². The fourth-order valence-corrected chi connectivity index (χ4v) is 3.10. The van der Waals surface area contributed by atoms with Gasteiger partial charge in [0.05, 0.1) is 24.1 Å². The van der Waals surface area contributed by atoms with Crippen LogP contribution in [0.25, 0.3) is 11.3 Å². The van der Waals surface area contributed by atoms with Crippen molar-refractivity contribution in [3.8, 4) is 11.3 Å². The first kappa shape index (κ1) is 16.5. The van der Waals surface area contributed by atoms with E-state index < -0.39 is 0 Å². The molecule has 2 N–H and O–H groups in total. The summed E-state index contributed by atoms with van der Waals surface area (Å²) < 4.78 is 2.02. The average molecular weight is 369 g/mol. The van der Waals surface area contributed by atoms with Gasteiger partial charge in [-0.05, 0) is 24.6 Å². The van der Waals surface area contributed by atoms with Crippen molar-refractivity contribution in [1.82, 2.24) is 19.5 Å². The minimum absolute atomic E-state index is 0.100. The Labute approximate surface area is 155 Å². The van der Waals surface area contributed by atoms with Crippen molar-refractivity contribution < 1.29 is 4.79 Å². The number of imidazole rings is 1. The third kappa shape index (κ3) is 3.52. The smallest absolute Gasteiger partial charge is 0.228 e. The highest BCUT2D eigenvalue weighted by molar-refractivity contribution is 6.31. The largest absolute Gasteiger partial charge is 0.354 e. The molecule has 0 atom stereocenters. The highest BCUT2D eigenvalue weighted by atomic mass is 35.5. The summed E-state index contributed by atoms with van der Waals surface area (Å²) in [6, 6.07) is 5.41. The van der Waals surface area contributed by atoms with Crippen LogP contribution in [0.15, 0.2) is 43.1 Å². The number of hydrogen-bond donors (Lipinski definition) is 2. The van der Waals surface area contributed by atoms with E-state index in [1.54, 1.807) is 30.9 Å². The second-order valence-electron chi connectivity index (χ2n) is 6.06. The minimum atomic E-state index is -0.100. The van der Waals surface area contributed by atoms with Crippen LogP contribution in [0.1, 0.15) is 12.0 Å². The first-order valence-electron chi connectivity index (χ1n) is 8.34. The lowest BCUT2D eigenvalue weighted by atomic mass is 10.1. The Bertz CT molecular complexity index is 941. The van der Waals surface area contributed by atoms with Gasteiger partial charge in [0.15, 0.2) is 0 Å². The first-order chi connectivity index (χ1) is 12.7. The van der Waals surface area contributed by atoms with Crippen LogP contribution >= 0.6 is 11.6 Å². The second-order valence-corrected chi connectivity index (χ2v) is 6.50. The van der Waals surface area contributed by atoms with E-state index in [1.807, 2.05) is 16.8 Å². The molecule has 3 aromatic rings. The second kappa shape index (κ2) is 7.13. The number of rotatable bonds is 5. The molecule has 0 saturated heterocycles. The van der Waals surface area contributed by atoms with Gasteiger partial charge in [0.2, 0.25) is 11.9 Å². The van der Waals surface area contributed by atoms with Crippen molar-refractivity contribution in [2.24, 2.45) is 0 Å². The van der Waals surface area contributed by atoms with E-state index in [2.05, 4.69) is 25.6 Å². The summed E-state index contributed by atoms with van der Waals surface area (Å²) in [6.07, 6.45) is 8.37. The van der Waals surface area contributed by atoms with E-state index in [1.165, 1.54) is 0 Å². The summed E-state index contributed by atoms with van der Waals surface area (Å²) >= 11 is 6.06. The van der Waals surface area contributed by atoms with Crippen LogP contribution in [0.5, 0.6) is 0 Å². The van der Waals surface area contributed by atoms with Crippen molar-refractivity contribution in [1.29, 1.82) is 0 Å². The maximum absolute atomic E-state index is 12.1. The molecule has 1 aliphatic heterocycles. The van der Waals surface area contributed by atoms with E-state index in [0.29, 0.717) is 16.7 Å². The van der Waals surface area contributed by atoms with E-state index >= 15 is 0 Å². The molecule has 0 radical (unpaired) electrons. The van der Waals surface area contributed by atoms with Gasteiger partial charge in [-0.1, -0.05) is 11.6 Å². The van der Waals surface area contributed by atoms with Crippen LogP contribution < -0.4 is 10.6 Å². The molecule has 26 heavy (non-hydrogen) atoms. The fourth-order valence-electron chi connectivity index (χ4n) is 2.93. The van der Waals surface area contributed by atoms with Gasteiger partial charge in [-0.2, -0.15) is 0 Å². The Hall–Kier alpha value is -2.93. The average Bonchev–Trinajstić information content (AvgIpc) is 3.09. The zero-order chi connectivity index (χ0) is 17.9. The quantitative estimate of drug-likeness (QED) is 0.676. The number of benzene rings is 1. The Morgan fingerprint density at radius 3 is 3.12 bits per heavy atom. The van der Waals surface area contributed by atoms with Gasteiger partial charge in [-0.25, -0.2) is 15.0 Å². The van der Waals surface area contributed by atoms with Gasteiger partial charge in [-0.3, -0.25) is 4.79 Å². The lowest BCUT2D eigenvalue weighted by Gasteiger charge is -2.11. The molecule has 0 fully saturated rings. The van der Waals surface area contributed by atoms with Gasteiger partial charge in [0, 0.05) is 47.8 Å². The molecule has 0 saturated carbocycles. The number of hydrogen-bond acceptors (Lipinski definition) is 5. The number of fused-ring (bicyclic) bond motifs is 3. The summed E-state index contributed by atoms with van der Waals surface area (Å²) in [5.74, 6) is 0.446. The summed E-state index contributed by atoms with van der Waals surface area (Å²) in [5.41, 5.74) is 3.07. The molecule has 8 heteroatoms. The number of halogens is 1. The standard InChI is InChI=1S/C18H17ClN6O/c19-13-2-3-14-15(9-13)23-16(26)8-12-10-22-18(24-17(12)14)21-4-1-6-25-7-5-20-11-25/h2-3,5,7,9-11H,1,4,6,8H2,(H,23,26)(H,21,22,24). The highest BCUT2D eigenvalue weighted by Gasteiger charge is 2.21. The molecule has 0 bridgehead atoms. The highest BCUT2D eigenvalue weighted by Crippen LogP contribution is 2.34. The molecule has 0 aliphatic carbocycles. The van der Waals surface area contributed by atoms with Crippen LogP contribution in [-0.4, -0.2) is 32.0 Å². The minimum Gasteiger partial charge on any atom is -0.354 e. The molecular formula is C18H17ClN6O. The molecule has 1 amide bonds. The summed E-state index contributed by atoms with van der Waals surface area (Å²) in [7, 11) is 0. The van der Waals surface area contributed by atoms with E-state index in [0.717, 1.165) is 36.3 Å². The Kier molecular flexibility index (Phi) is 4.53. The van der Waals surface area contributed by atoms with Crippen molar-refractivity contribution in [3.63, 3.8) is 0 Å². The van der Waals surface area contributed by atoms with Gasteiger partial charge in [-0.15, -0.1) is 0 Å². The van der Waals surface area contributed by atoms with Crippen molar-refractivity contribution in [2.75, 3.05) is 17.2 Å². The number of anilines is 2. The molecular weight excluding hydrogens is 352 g/mol. The molecule has 7 nitrogen and oxygen atoms in total. The molecule has 1 aliphatic rings. The van der Waals surface area contributed by atoms with Crippen molar-refractivity contribution in [2.45, 2.75) is 19.4 Å². The predicted molar refractivity (Wildman–Crippen MR) is 100 cm³/mol. The number of aromatic nitrogens is 4. The molecule has 132 valence electrons. The Morgan fingerprint density at radius 1 is 1.35 bits per heavy atom. The van der Waals surface area contributed by atoms with Crippen LogP contribution in [0.4, 0.5) is 11.6 Å². The lowest BCUT2D eigenvalue weighted by molar-refractivity contribution is -0.115. The van der Waals surface area contributed by atoms with E-state index in [4.69, 9.17) is 11.6 Å². The third-order valence-electron chi connectivity index (χ3n) is 4.16. The molecule has 3 heterocycles. The van der Waals surface area contributed by atoms with Crippen LogP contribution in [0, 0.1) is 0 Å². The van der Waals surface area contributed by atoms with Crippen LogP contribution in [-0.2, 0) is 17.8 Å². The first-order valence-corrected chi connectivity index (χ1v) is 8.72. The third-order valence-corrected chi connectivity index (χ3v) is 4.40. The molecule has 0 unspecified atom stereocenters. The topological polar surface area (TPSA) is 84.7 Å². The summed E-state index contributed by atoms with van der Waals surface area (Å²) in [4.78, 5) is 25.1. The number of nitrogens with zero attached hydrogens (tertiary/aromatic N) is 4. The summed E-state index contributed by atoms with van der Waals surface area (Å²) in [5, 5.41) is 6.69. The molecule has 0 spiro atoms. The van der Waals surface area contributed by atoms with Gasteiger partial charge >= 0.3 is 0 Å². The van der Waals surface area contributed by atoms with Crippen molar-refractivity contribution >= 4 is 29.1 Å².